The molecule has 0 aliphatic heterocycles. The molecule has 0 saturated carbocycles. The van der Waals surface area contributed by atoms with Crippen molar-refractivity contribution in [2.24, 2.45) is 0 Å². The van der Waals surface area contributed by atoms with Gasteiger partial charge in [-0.2, -0.15) is 21.6 Å². The molecule has 202 valence electrons. The first-order valence-electron chi connectivity index (χ1n) is 12.6. The zero-order valence-electron chi connectivity index (χ0n) is 21.2. The van der Waals surface area contributed by atoms with Gasteiger partial charge in [-0.15, -0.1) is 0 Å². The molecule has 0 spiro atoms. The third-order valence-electron chi connectivity index (χ3n) is 6.95. The van der Waals surface area contributed by atoms with Gasteiger partial charge in [0.25, 0.3) is 0 Å². The third-order valence-corrected chi connectivity index (χ3v) is 7.54. The van der Waals surface area contributed by atoms with Crippen molar-refractivity contribution in [3.8, 4) is 22.3 Å². The molecule has 6 rings (SSSR count). The lowest BCUT2D eigenvalue weighted by molar-refractivity contribution is -0.0510. The highest BCUT2D eigenvalue weighted by molar-refractivity contribution is 7.86. The topological polar surface area (TPSA) is 54.4 Å². The van der Waals surface area contributed by atoms with E-state index in [1.807, 2.05) is 0 Å². The van der Waals surface area contributed by atoms with Crippen LogP contribution in [0.25, 0.3) is 22.3 Å². The normalized spacial score (nSPS) is 12.3. The van der Waals surface area contributed by atoms with E-state index in [9.17, 15) is 13.2 Å². The van der Waals surface area contributed by atoms with Gasteiger partial charge in [0.15, 0.2) is 0 Å². The van der Waals surface area contributed by atoms with Crippen LogP contribution in [-0.4, -0.2) is 18.5 Å². The van der Waals surface area contributed by atoms with Crippen LogP contribution >= 0.6 is 0 Å². The van der Waals surface area contributed by atoms with E-state index in [1.165, 1.54) is 50.1 Å². The summed E-state index contributed by atoms with van der Waals surface area (Å²) in [6.07, 6.45) is 0.986. The first-order chi connectivity index (χ1) is 19.1. The largest absolute Gasteiger partial charge is 0.522 e. The highest BCUT2D eigenvalue weighted by Gasteiger charge is 2.44. The molecule has 1 aliphatic carbocycles. The van der Waals surface area contributed by atoms with Crippen LogP contribution in [0.5, 0.6) is 0 Å². The predicted octanol–water partition coefficient (Wildman–Crippen LogP) is 8.50. The van der Waals surface area contributed by atoms with E-state index in [4.69, 9.17) is 13.0 Å². The number of hydrogen-bond donors (Lipinski definition) is 1. The molecular weight excluding hydrogens is 533 g/mol. The molecule has 1 N–H and O–H groups in total. The van der Waals surface area contributed by atoms with Crippen molar-refractivity contribution in [1.29, 1.82) is 0 Å². The minimum absolute atomic E-state index is 0.182. The number of fused-ring (bicyclic) bond motifs is 3. The van der Waals surface area contributed by atoms with E-state index in [-0.39, 0.29) is 5.92 Å². The van der Waals surface area contributed by atoms with Gasteiger partial charge in [-0.05, 0) is 56.5 Å². The van der Waals surface area contributed by atoms with Crippen LogP contribution < -0.4 is 0 Å². The zero-order valence-corrected chi connectivity index (χ0v) is 22.0. The van der Waals surface area contributed by atoms with E-state index in [2.05, 4.69) is 127 Å². The summed E-state index contributed by atoms with van der Waals surface area (Å²) in [5.74, 6) is 0.182. The van der Waals surface area contributed by atoms with Crippen molar-refractivity contribution < 1.29 is 26.1 Å². The summed E-state index contributed by atoms with van der Waals surface area (Å²) >= 11 is 0. The van der Waals surface area contributed by atoms with Crippen molar-refractivity contribution in [3.05, 3.63) is 155 Å². The standard InChI is InChI=1S/C32H24.CHF3O3S/c1-4-12-23(13-5-1)31(24-14-6-2-7-15-24)29-21-20-28-27-19-11-10-18-26(27)22-30(28)32(29)25-16-8-3-9-17-25;2-1(3,4)8(5,6)7/h1-21,31H,22H2;(H,5,6,7). The first kappa shape index (κ1) is 27.4. The molecule has 7 heteroatoms. The Hall–Kier alpha value is -4.20. The quantitative estimate of drug-likeness (QED) is 0.134. The van der Waals surface area contributed by atoms with Crippen molar-refractivity contribution in [1.82, 2.24) is 0 Å². The summed E-state index contributed by atoms with van der Waals surface area (Å²) in [5.41, 5.74) is 6.80. The van der Waals surface area contributed by atoms with Crippen molar-refractivity contribution in [3.63, 3.8) is 0 Å². The summed E-state index contributed by atoms with van der Waals surface area (Å²) in [6.45, 7) is 0. The Labute approximate surface area is 231 Å². The van der Waals surface area contributed by atoms with Gasteiger partial charge in [-0.3, -0.25) is 4.55 Å². The van der Waals surface area contributed by atoms with Crippen LogP contribution in [0, 0.1) is 0 Å². The number of benzene rings is 5. The maximum atomic E-state index is 10.7. The fraction of sp³-hybridized carbons (Fsp3) is 0.0909. The average Bonchev–Trinajstić information content (AvgIpc) is 3.33. The van der Waals surface area contributed by atoms with Gasteiger partial charge in [0.1, 0.15) is 0 Å². The minimum Gasteiger partial charge on any atom is -0.279 e. The zero-order chi connectivity index (χ0) is 28.3. The van der Waals surface area contributed by atoms with Crippen LogP contribution in [0.4, 0.5) is 13.2 Å². The molecular formula is C33H25F3O3S. The summed E-state index contributed by atoms with van der Waals surface area (Å²) in [4.78, 5) is 0. The van der Waals surface area contributed by atoms with Crippen LogP contribution in [0.15, 0.2) is 127 Å². The van der Waals surface area contributed by atoms with Gasteiger partial charge in [0.05, 0.1) is 0 Å². The Morgan fingerprint density at radius 2 is 1.10 bits per heavy atom. The number of alkyl halides is 3. The second-order valence-electron chi connectivity index (χ2n) is 9.43. The summed E-state index contributed by atoms with van der Waals surface area (Å²) < 4.78 is 57.5. The van der Waals surface area contributed by atoms with Gasteiger partial charge in [0.2, 0.25) is 0 Å². The van der Waals surface area contributed by atoms with E-state index in [1.54, 1.807) is 0 Å². The van der Waals surface area contributed by atoms with E-state index in [0.717, 1.165) is 6.42 Å². The van der Waals surface area contributed by atoms with Crippen LogP contribution in [0.2, 0.25) is 0 Å². The fourth-order valence-corrected chi connectivity index (χ4v) is 5.26. The van der Waals surface area contributed by atoms with Crippen molar-refractivity contribution in [2.75, 3.05) is 0 Å². The molecule has 0 saturated heterocycles. The summed E-state index contributed by atoms with van der Waals surface area (Å²) in [6, 6.07) is 46.3. The molecule has 0 aromatic heterocycles. The maximum Gasteiger partial charge on any atom is 0.522 e. The van der Waals surface area contributed by atoms with E-state index in [0.29, 0.717) is 0 Å². The average molecular weight is 559 g/mol. The summed E-state index contributed by atoms with van der Waals surface area (Å²) in [5, 5.41) is 0. The van der Waals surface area contributed by atoms with Gasteiger partial charge < -0.3 is 0 Å². The lowest BCUT2D eigenvalue weighted by Gasteiger charge is -2.24. The Kier molecular flexibility index (Phi) is 7.61. The fourth-order valence-electron chi connectivity index (χ4n) is 5.26. The molecule has 0 amide bonds. The molecule has 40 heavy (non-hydrogen) atoms. The predicted molar refractivity (Wildman–Crippen MR) is 152 cm³/mol. The van der Waals surface area contributed by atoms with E-state index < -0.39 is 15.6 Å². The molecule has 0 unspecified atom stereocenters. The smallest absolute Gasteiger partial charge is 0.279 e. The molecule has 3 nitrogen and oxygen atoms in total. The molecule has 0 fully saturated rings. The lowest BCUT2D eigenvalue weighted by atomic mass is 9.79. The Bertz CT molecular complexity index is 1680. The highest BCUT2D eigenvalue weighted by atomic mass is 32.2. The molecule has 0 radical (unpaired) electrons. The van der Waals surface area contributed by atoms with Gasteiger partial charge in [0, 0.05) is 5.92 Å². The first-order valence-corrected chi connectivity index (χ1v) is 14.0. The van der Waals surface area contributed by atoms with Gasteiger partial charge in [-0.1, -0.05) is 127 Å². The molecule has 5 aromatic rings. The van der Waals surface area contributed by atoms with Gasteiger partial charge in [-0.25, -0.2) is 0 Å². The Morgan fingerprint density at radius 1 is 0.625 bits per heavy atom. The molecule has 1 aliphatic rings. The van der Waals surface area contributed by atoms with E-state index >= 15 is 0 Å². The highest BCUT2D eigenvalue weighted by Crippen LogP contribution is 2.47. The second-order valence-corrected chi connectivity index (χ2v) is 10.8. The number of halogens is 3. The lowest BCUT2D eigenvalue weighted by Crippen LogP contribution is -2.21. The number of rotatable bonds is 4. The maximum absolute atomic E-state index is 10.7. The Morgan fingerprint density at radius 3 is 1.62 bits per heavy atom. The molecule has 0 atom stereocenters. The molecule has 0 heterocycles. The number of hydrogen-bond acceptors (Lipinski definition) is 2. The van der Waals surface area contributed by atoms with Crippen molar-refractivity contribution >= 4 is 10.1 Å². The van der Waals surface area contributed by atoms with Crippen LogP contribution in [0.3, 0.4) is 0 Å². The van der Waals surface area contributed by atoms with Crippen molar-refractivity contribution in [2.45, 2.75) is 17.8 Å². The monoisotopic (exact) mass is 558 g/mol. The summed E-state index contributed by atoms with van der Waals surface area (Å²) in [7, 11) is -5.84. The minimum atomic E-state index is -5.84. The van der Waals surface area contributed by atoms with Crippen LogP contribution in [0.1, 0.15) is 33.7 Å². The van der Waals surface area contributed by atoms with Crippen LogP contribution in [-0.2, 0) is 16.5 Å². The SMILES string of the molecule is O=S(=O)(O)C(F)(F)F.c1ccc(-c2c(C(c3ccccc3)c3ccccc3)ccc3c2Cc2ccccc2-3)cc1. The second kappa shape index (κ2) is 11.1. The molecule has 5 aromatic carbocycles. The molecule has 0 bridgehead atoms. The Balaban J connectivity index is 0.000000355. The van der Waals surface area contributed by atoms with Gasteiger partial charge >= 0.3 is 15.6 Å². The third kappa shape index (κ3) is 5.57.